The van der Waals surface area contributed by atoms with Crippen LogP contribution in [0.25, 0.3) is 0 Å². The van der Waals surface area contributed by atoms with Crippen LogP contribution < -0.4 is 5.32 Å². The first kappa shape index (κ1) is 17.8. The molecule has 5 nitrogen and oxygen atoms in total. The molecule has 0 spiro atoms. The van der Waals surface area contributed by atoms with E-state index in [-0.39, 0.29) is 11.8 Å². The van der Waals surface area contributed by atoms with Crippen molar-refractivity contribution in [3.05, 3.63) is 35.9 Å². The van der Waals surface area contributed by atoms with Gasteiger partial charge < -0.3 is 15.2 Å². The summed E-state index contributed by atoms with van der Waals surface area (Å²) in [7, 11) is 0. The molecule has 0 bridgehead atoms. The van der Waals surface area contributed by atoms with Crippen molar-refractivity contribution in [1.82, 2.24) is 5.32 Å². The SMILES string of the molecule is [2H][C@@](Cc1ccccc1)(NC(=O)OC(C)(C)C)C1=NC(O)(CBr)CS1. The molecule has 1 aromatic rings. The fourth-order valence-corrected chi connectivity index (χ4v) is 3.71. The third-order valence-corrected chi connectivity index (χ3v) is 5.21. The van der Waals surface area contributed by atoms with Gasteiger partial charge in [0.15, 0.2) is 5.72 Å². The van der Waals surface area contributed by atoms with Crippen molar-refractivity contribution >= 4 is 38.8 Å². The molecule has 1 aromatic carbocycles. The first-order valence-corrected chi connectivity index (χ1v) is 9.73. The van der Waals surface area contributed by atoms with Gasteiger partial charge in [-0.05, 0) is 32.8 Å². The predicted octanol–water partition coefficient (Wildman–Crippen LogP) is 3.35. The Balaban J connectivity index is 2.28. The Kier molecular flexibility index (Phi) is 5.84. The molecule has 1 amide bonds. The number of rotatable bonds is 5. The maximum atomic E-state index is 12.3. The fourth-order valence-electron chi connectivity index (χ4n) is 2.06. The fraction of sp³-hybridized carbons (Fsp3) is 0.529. The highest BCUT2D eigenvalue weighted by Gasteiger charge is 2.35. The zero-order valence-electron chi connectivity index (χ0n) is 15.0. The van der Waals surface area contributed by atoms with Gasteiger partial charge in [0, 0.05) is 5.75 Å². The van der Waals surface area contributed by atoms with Crippen LogP contribution in [0.1, 0.15) is 27.7 Å². The van der Waals surface area contributed by atoms with Crippen LogP contribution in [-0.4, -0.2) is 44.7 Å². The molecule has 2 N–H and O–H groups in total. The lowest BCUT2D eigenvalue weighted by atomic mass is 10.1. The summed E-state index contributed by atoms with van der Waals surface area (Å²) in [6, 6.07) is 7.90. The number of hydrogen-bond donors (Lipinski definition) is 2. The van der Waals surface area contributed by atoms with Crippen molar-refractivity contribution in [2.24, 2.45) is 4.99 Å². The van der Waals surface area contributed by atoms with Crippen LogP contribution in [0, 0.1) is 0 Å². The van der Waals surface area contributed by atoms with Crippen LogP contribution in [0.5, 0.6) is 0 Å². The van der Waals surface area contributed by atoms with Crippen LogP contribution in [0.2, 0.25) is 0 Å². The monoisotopic (exact) mass is 415 g/mol. The zero-order chi connectivity index (χ0) is 18.7. The van der Waals surface area contributed by atoms with Gasteiger partial charge in [0.05, 0.1) is 17.8 Å². The molecule has 0 saturated heterocycles. The van der Waals surface area contributed by atoms with Gasteiger partial charge in [0.25, 0.3) is 0 Å². The summed E-state index contributed by atoms with van der Waals surface area (Å²) in [6.45, 7) is 5.29. The van der Waals surface area contributed by atoms with Crippen molar-refractivity contribution in [3.63, 3.8) is 0 Å². The molecule has 0 radical (unpaired) electrons. The molecule has 7 heteroatoms. The van der Waals surface area contributed by atoms with Gasteiger partial charge in [0.2, 0.25) is 0 Å². The molecular formula is C17H23BrN2O3S. The lowest BCUT2D eigenvalue weighted by Gasteiger charge is -2.23. The number of aliphatic hydroxyl groups is 1. The number of nitrogens with one attached hydrogen (secondary N) is 1. The standard InChI is InChI=1S/C17H23BrN2O3S/c1-16(2,3)23-15(21)19-13(9-12-7-5-4-6-8-12)14-20-17(22,10-18)11-24-14/h4-8,13,22H,9-11H2,1-3H3,(H,19,21)/t13-,17?/m0/s1/i13D. The van der Waals surface area contributed by atoms with E-state index in [4.69, 9.17) is 6.11 Å². The van der Waals surface area contributed by atoms with E-state index in [9.17, 15) is 9.90 Å². The van der Waals surface area contributed by atoms with Gasteiger partial charge in [0.1, 0.15) is 5.60 Å². The summed E-state index contributed by atoms with van der Waals surface area (Å²) in [5.41, 5.74) is -1.05. The van der Waals surface area contributed by atoms with Gasteiger partial charge >= 0.3 is 6.09 Å². The lowest BCUT2D eigenvalue weighted by molar-refractivity contribution is 0.0517. The molecule has 132 valence electrons. The summed E-state index contributed by atoms with van der Waals surface area (Å²) in [6.07, 6.45) is -0.465. The topological polar surface area (TPSA) is 70.9 Å². The van der Waals surface area contributed by atoms with E-state index in [1.165, 1.54) is 11.8 Å². The number of hydrogen-bond acceptors (Lipinski definition) is 5. The molecule has 0 aliphatic carbocycles. The van der Waals surface area contributed by atoms with Crippen LogP contribution in [0.15, 0.2) is 35.3 Å². The molecule has 1 unspecified atom stereocenters. The highest BCUT2D eigenvalue weighted by molar-refractivity contribution is 9.09. The maximum absolute atomic E-state index is 12.3. The Morgan fingerprint density at radius 2 is 2.21 bits per heavy atom. The van der Waals surface area contributed by atoms with Crippen LogP contribution in [0.4, 0.5) is 4.79 Å². The van der Waals surface area contributed by atoms with Crippen molar-refractivity contribution in [2.75, 3.05) is 11.1 Å². The zero-order valence-corrected chi connectivity index (χ0v) is 16.4. The molecule has 1 aliphatic rings. The highest BCUT2D eigenvalue weighted by atomic mass is 79.9. The van der Waals surface area contributed by atoms with Crippen LogP contribution >= 0.6 is 27.7 Å². The minimum Gasteiger partial charge on any atom is -0.444 e. The largest absolute Gasteiger partial charge is 0.444 e. The minimum atomic E-state index is -1.51. The molecule has 24 heavy (non-hydrogen) atoms. The van der Waals surface area contributed by atoms with E-state index in [0.717, 1.165) is 5.56 Å². The smallest absolute Gasteiger partial charge is 0.408 e. The molecule has 0 aromatic heterocycles. The number of halogens is 1. The first-order chi connectivity index (χ1) is 11.6. The van der Waals surface area contributed by atoms with E-state index < -0.39 is 23.4 Å². The van der Waals surface area contributed by atoms with E-state index in [2.05, 4.69) is 26.2 Å². The number of carbonyl (C=O) groups is 1. The number of alkyl halides is 1. The Labute approximate surface area is 156 Å². The van der Waals surface area contributed by atoms with Crippen molar-refractivity contribution in [3.8, 4) is 0 Å². The van der Waals surface area contributed by atoms with Crippen LogP contribution in [-0.2, 0) is 11.2 Å². The quantitative estimate of drug-likeness (QED) is 0.723. The maximum Gasteiger partial charge on any atom is 0.408 e. The number of nitrogens with zero attached hydrogens (tertiary/aromatic N) is 1. The summed E-state index contributed by atoms with van der Waals surface area (Å²) in [4.78, 5) is 16.5. The number of aliphatic imine (C=N–C) groups is 1. The van der Waals surface area contributed by atoms with E-state index in [0.29, 0.717) is 10.8 Å². The van der Waals surface area contributed by atoms with E-state index >= 15 is 0 Å². The third kappa shape index (κ3) is 5.79. The first-order valence-electron chi connectivity index (χ1n) is 8.12. The van der Waals surface area contributed by atoms with Gasteiger partial charge in [-0.2, -0.15) is 0 Å². The lowest BCUT2D eigenvalue weighted by Crippen LogP contribution is -2.43. The van der Waals surface area contributed by atoms with Crippen molar-refractivity contribution in [2.45, 2.75) is 44.5 Å². The summed E-state index contributed by atoms with van der Waals surface area (Å²) in [5.74, 6) is 0.332. The average Bonchev–Trinajstić information content (AvgIpc) is 2.90. The number of benzene rings is 1. The normalized spacial score (nSPS) is 23.9. The van der Waals surface area contributed by atoms with Gasteiger partial charge in [-0.3, -0.25) is 0 Å². The van der Waals surface area contributed by atoms with Gasteiger partial charge in [-0.1, -0.05) is 46.3 Å². The second-order valence-electron chi connectivity index (χ2n) is 6.59. The van der Waals surface area contributed by atoms with Gasteiger partial charge in [-0.25, -0.2) is 9.79 Å². The summed E-state index contributed by atoms with van der Waals surface area (Å²) in [5, 5.41) is 13.6. The van der Waals surface area contributed by atoms with Gasteiger partial charge in [-0.15, -0.1) is 11.8 Å². The molecule has 1 aliphatic heterocycles. The number of amides is 1. The number of carbonyl (C=O) groups excluding carboxylic acids is 1. The molecule has 2 atom stereocenters. The second kappa shape index (κ2) is 7.89. The van der Waals surface area contributed by atoms with Crippen molar-refractivity contribution in [1.29, 1.82) is 0 Å². The molecule has 0 fully saturated rings. The second-order valence-corrected chi connectivity index (χ2v) is 8.11. The Morgan fingerprint density at radius 3 is 2.75 bits per heavy atom. The summed E-state index contributed by atoms with van der Waals surface area (Å²) >= 11 is 4.51. The average molecular weight is 416 g/mol. The third-order valence-electron chi connectivity index (χ3n) is 3.10. The van der Waals surface area contributed by atoms with Crippen LogP contribution in [0.3, 0.4) is 0 Å². The molecule has 1 heterocycles. The molecule has 0 saturated carbocycles. The summed E-state index contributed by atoms with van der Waals surface area (Å²) < 4.78 is 14.2. The molecule has 2 rings (SSSR count). The number of ether oxygens (including phenoxy) is 1. The Morgan fingerprint density at radius 1 is 1.54 bits per heavy atom. The number of alkyl carbamates (subject to hydrolysis) is 1. The Bertz CT molecular complexity index is 653. The minimum absolute atomic E-state index is 0.220. The predicted molar refractivity (Wildman–Crippen MR) is 102 cm³/mol. The van der Waals surface area contributed by atoms with E-state index in [1.54, 1.807) is 20.8 Å². The van der Waals surface area contributed by atoms with Crippen molar-refractivity contribution < 1.29 is 16.0 Å². The number of thioether (sulfide) groups is 1. The molecular weight excluding hydrogens is 392 g/mol. The highest BCUT2D eigenvalue weighted by Crippen LogP contribution is 2.29. The Hall–Kier alpha value is -1.05. The van der Waals surface area contributed by atoms with E-state index in [1.807, 2.05) is 30.3 Å².